The number of hydrogen-bond donors (Lipinski definition) is 6. The van der Waals surface area contributed by atoms with E-state index < -0.39 is 11.9 Å². The molecule has 0 fully saturated rings. The van der Waals surface area contributed by atoms with Gasteiger partial charge in [0.05, 0.1) is 0 Å². The first-order valence-corrected chi connectivity index (χ1v) is 14.0. The van der Waals surface area contributed by atoms with Crippen molar-refractivity contribution in [3.63, 3.8) is 0 Å². The lowest BCUT2D eigenvalue weighted by molar-refractivity contribution is -0.138. The van der Waals surface area contributed by atoms with Gasteiger partial charge in [0.15, 0.2) is 0 Å². The molecule has 6 N–H and O–H groups in total. The van der Waals surface area contributed by atoms with Crippen molar-refractivity contribution in [2.45, 2.75) is 53.4 Å². The second kappa shape index (κ2) is 11.1. The van der Waals surface area contributed by atoms with Crippen LogP contribution in [0.5, 0.6) is 0 Å². The van der Waals surface area contributed by atoms with Crippen molar-refractivity contribution < 1.29 is 19.8 Å². The number of aliphatic carboxylic acids is 2. The number of aromatic nitrogens is 4. The largest absolute Gasteiger partial charge is 0.481 e. The molecule has 1 aliphatic rings. The Morgan fingerprint density at radius 3 is 1.74 bits per heavy atom. The third-order valence-corrected chi connectivity index (χ3v) is 8.38. The number of hydrogen-bond acceptors (Lipinski definition) is 2. The fourth-order valence-electron chi connectivity index (χ4n) is 5.93. The molecule has 8 nitrogen and oxygen atoms in total. The topological polar surface area (TPSA) is 138 Å². The molecule has 0 aliphatic carbocycles. The van der Waals surface area contributed by atoms with Gasteiger partial charge in [-0.25, -0.2) is 0 Å². The predicted molar refractivity (Wildman–Crippen MR) is 167 cm³/mol. The van der Waals surface area contributed by atoms with Gasteiger partial charge in [0.25, 0.3) is 0 Å². The van der Waals surface area contributed by atoms with E-state index in [4.69, 9.17) is 0 Å². The van der Waals surface area contributed by atoms with Crippen LogP contribution in [0.4, 0.5) is 0 Å². The van der Waals surface area contributed by atoms with Crippen LogP contribution < -0.4 is 21.4 Å². The van der Waals surface area contributed by atoms with Crippen LogP contribution in [0.15, 0.2) is 13.2 Å². The van der Waals surface area contributed by atoms with Crippen molar-refractivity contribution in [3.8, 4) is 0 Å². The average molecular weight is 565 g/mol. The van der Waals surface area contributed by atoms with E-state index in [1.165, 1.54) is 0 Å². The summed E-state index contributed by atoms with van der Waals surface area (Å²) in [6.45, 7) is 16.2. The van der Waals surface area contributed by atoms with Crippen LogP contribution in [0.2, 0.25) is 0 Å². The maximum absolute atomic E-state index is 11.5. The number of carboxylic acids is 2. The molecule has 0 amide bonds. The minimum Gasteiger partial charge on any atom is -0.481 e. The molecule has 0 saturated carbocycles. The first-order valence-electron chi connectivity index (χ1n) is 14.0. The Bertz CT molecular complexity index is 2020. The van der Waals surface area contributed by atoms with E-state index in [1.807, 2.05) is 38.2 Å². The van der Waals surface area contributed by atoms with E-state index in [0.29, 0.717) is 12.8 Å². The minimum absolute atomic E-state index is 0.00645. The molecular weight excluding hydrogens is 528 g/mol. The molecule has 42 heavy (non-hydrogen) atoms. The number of H-pyrrole nitrogens is 4. The number of aromatic amines is 4. The highest BCUT2D eigenvalue weighted by atomic mass is 16.4. The number of carboxylic acid groups (broad SMARTS) is 2. The van der Waals surface area contributed by atoms with Crippen molar-refractivity contribution in [3.05, 3.63) is 102 Å². The van der Waals surface area contributed by atoms with Gasteiger partial charge in [-0.2, -0.15) is 0 Å². The molecule has 216 valence electrons. The van der Waals surface area contributed by atoms with Crippen molar-refractivity contribution >= 4 is 48.4 Å². The summed E-state index contributed by atoms with van der Waals surface area (Å²) in [4.78, 5) is 37.3. The molecule has 0 unspecified atom stereocenters. The van der Waals surface area contributed by atoms with Gasteiger partial charge in [-0.3, -0.25) is 9.59 Å². The zero-order chi connectivity index (χ0) is 30.3. The normalized spacial score (nSPS) is 15.3. The fraction of sp³-hybridized carbons (Fsp3) is 0.235. The van der Waals surface area contributed by atoms with Gasteiger partial charge >= 0.3 is 11.9 Å². The van der Waals surface area contributed by atoms with Crippen molar-refractivity contribution in [1.82, 2.24) is 19.9 Å². The van der Waals surface area contributed by atoms with Gasteiger partial charge < -0.3 is 30.1 Å². The van der Waals surface area contributed by atoms with Crippen LogP contribution in [-0.4, -0.2) is 42.1 Å². The summed E-state index contributed by atoms with van der Waals surface area (Å²) in [5.74, 6) is -1.73. The molecular formula is C34H36N4O4. The molecule has 8 heteroatoms. The Hall–Kier alpha value is -4.98. The fourth-order valence-corrected chi connectivity index (χ4v) is 5.93. The lowest BCUT2D eigenvalue weighted by Gasteiger charge is -2.01. The van der Waals surface area contributed by atoms with Crippen molar-refractivity contribution in [2.24, 2.45) is 0 Å². The van der Waals surface area contributed by atoms with Crippen LogP contribution in [0.1, 0.15) is 80.1 Å². The second-order valence-electron chi connectivity index (χ2n) is 10.9. The molecule has 0 spiro atoms. The number of fused-ring (bicyclic) bond motifs is 8. The van der Waals surface area contributed by atoms with Gasteiger partial charge in [0, 0.05) is 68.1 Å². The summed E-state index contributed by atoms with van der Waals surface area (Å²) in [6.07, 6.45) is 12.5. The lowest BCUT2D eigenvalue weighted by atomic mass is 10.0. The highest BCUT2D eigenvalue weighted by molar-refractivity contribution is 5.72. The summed E-state index contributed by atoms with van der Waals surface area (Å²) in [7, 11) is 0. The van der Waals surface area contributed by atoms with E-state index in [9.17, 15) is 19.8 Å². The third-order valence-electron chi connectivity index (χ3n) is 8.38. The van der Waals surface area contributed by atoms with Gasteiger partial charge in [-0.05, 0) is 98.2 Å². The summed E-state index contributed by atoms with van der Waals surface area (Å²) in [5.41, 5.74) is 11.3. The smallest absolute Gasteiger partial charge is 0.303 e. The SMILES string of the molecule is C=Cc1c2[nH]c(c1C)/C=c1\[nH]/c(c(CCC(=O)O)c1C)=C\c1[nH]c(c(C)c1CCC(=O)O)/C=c1\[nH]/c(c(C)c1C=C)=C\2. The Kier molecular flexibility index (Phi) is 7.56. The minimum atomic E-state index is -0.867. The Labute approximate surface area is 243 Å². The molecule has 0 atom stereocenters. The van der Waals surface area contributed by atoms with Crippen LogP contribution in [0.3, 0.4) is 0 Å². The maximum atomic E-state index is 11.5. The molecule has 4 aromatic rings. The zero-order valence-corrected chi connectivity index (χ0v) is 24.4. The third kappa shape index (κ3) is 5.11. The van der Waals surface area contributed by atoms with Crippen LogP contribution >= 0.6 is 0 Å². The first kappa shape index (κ1) is 28.5. The molecule has 0 saturated heterocycles. The van der Waals surface area contributed by atoms with E-state index >= 15 is 0 Å². The van der Waals surface area contributed by atoms with E-state index in [0.717, 1.165) is 88.7 Å². The van der Waals surface area contributed by atoms with E-state index in [1.54, 1.807) is 0 Å². The first-order chi connectivity index (χ1) is 20.0. The molecule has 4 aromatic heterocycles. The highest BCUT2D eigenvalue weighted by Crippen LogP contribution is 2.23. The summed E-state index contributed by atoms with van der Waals surface area (Å²) >= 11 is 0. The lowest BCUT2D eigenvalue weighted by Crippen LogP contribution is -2.14. The number of carbonyl (C=O) groups is 2. The van der Waals surface area contributed by atoms with Gasteiger partial charge in [0.1, 0.15) is 0 Å². The van der Waals surface area contributed by atoms with Crippen molar-refractivity contribution in [1.29, 1.82) is 0 Å². The van der Waals surface area contributed by atoms with E-state index in [-0.39, 0.29) is 12.8 Å². The number of rotatable bonds is 8. The van der Waals surface area contributed by atoms with E-state index in [2.05, 4.69) is 59.1 Å². The quantitative estimate of drug-likeness (QED) is 0.172. The van der Waals surface area contributed by atoms with Crippen LogP contribution in [0.25, 0.3) is 36.5 Å². The van der Waals surface area contributed by atoms with Crippen LogP contribution in [0, 0.1) is 27.7 Å². The highest BCUT2D eigenvalue weighted by Gasteiger charge is 2.17. The number of nitrogens with one attached hydrogen (secondary N) is 4. The Balaban J connectivity index is 1.92. The molecule has 5 heterocycles. The Morgan fingerprint density at radius 1 is 0.595 bits per heavy atom. The maximum Gasteiger partial charge on any atom is 0.303 e. The predicted octanol–water partition coefficient (Wildman–Crippen LogP) is 3.18. The summed E-state index contributed by atoms with van der Waals surface area (Å²) in [5, 5.41) is 22.4. The van der Waals surface area contributed by atoms with Gasteiger partial charge in [0.2, 0.25) is 0 Å². The Morgan fingerprint density at radius 2 is 1.10 bits per heavy atom. The molecule has 0 aromatic carbocycles. The molecule has 1 aliphatic heterocycles. The van der Waals surface area contributed by atoms with Crippen LogP contribution in [-0.2, 0) is 22.4 Å². The van der Waals surface area contributed by atoms with Crippen molar-refractivity contribution in [2.75, 3.05) is 0 Å². The average Bonchev–Trinajstić information content (AvgIpc) is 3.59. The summed E-state index contributed by atoms with van der Waals surface area (Å²) < 4.78 is 0. The second-order valence-corrected chi connectivity index (χ2v) is 10.9. The summed E-state index contributed by atoms with van der Waals surface area (Å²) in [6, 6.07) is 0. The molecule has 0 radical (unpaired) electrons. The molecule has 8 bridgehead atoms. The standard InChI is InChI=1S/C34H36N4O4/c1-7-21-17(3)25-13-26-19(5)23(9-11-33(39)40)31(37-26)16-32-24(10-12-34(41)42)20(6)28(38-32)15-30-22(8-2)18(4)27(36-30)14-29(21)35-25/h7-8,13-16,35-38H,1-2,9-12H2,3-6H3,(H,39,40)(H,41,42)/b25-13?,26-13-,27-14-,28-15?,29-14?,30-15-,31-16-,32-16?. The van der Waals surface area contributed by atoms with Gasteiger partial charge in [-0.15, -0.1) is 0 Å². The monoisotopic (exact) mass is 564 g/mol. The molecule has 5 rings (SSSR count). The van der Waals surface area contributed by atoms with Gasteiger partial charge in [-0.1, -0.05) is 25.3 Å². The zero-order valence-electron chi connectivity index (χ0n) is 24.4.